The van der Waals surface area contributed by atoms with Crippen LogP contribution in [0.15, 0.2) is 29.1 Å². The van der Waals surface area contributed by atoms with Crippen molar-refractivity contribution in [3.8, 4) is 11.4 Å². The number of H-pyrrole nitrogens is 1. The molecule has 3 N–H and O–H groups in total. The van der Waals surface area contributed by atoms with Crippen LogP contribution in [0, 0.1) is 0 Å². The Balaban J connectivity index is 1.82. The summed E-state index contributed by atoms with van der Waals surface area (Å²) in [6.45, 7) is 7.39. The molecule has 1 aliphatic rings. The van der Waals surface area contributed by atoms with Crippen LogP contribution < -0.4 is 10.9 Å². The van der Waals surface area contributed by atoms with Gasteiger partial charge in [-0.2, -0.15) is 0 Å². The zero-order valence-electron chi connectivity index (χ0n) is 22.2. The number of unbranched alkanes of at least 4 members (excludes halogenated alkanes) is 1. The molecule has 0 spiro atoms. The lowest BCUT2D eigenvalue weighted by Gasteiger charge is -2.36. The monoisotopic (exact) mass is 546 g/mol. The van der Waals surface area contributed by atoms with Crippen LogP contribution in [-0.4, -0.2) is 56.1 Å². The van der Waals surface area contributed by atoms with E-state index in [0.29, 0.717) is 47.1 Å². The third-order valence-corrected chi connectivity index (χ3v) is 6.50. The first-order valence-electron chi connectivity index (χ1n) is 12.8. The number of fused-ring (bicyclic) bond motifs is 1. The molecule has 0 aliphatic carbocycles. The van der Waals surface area contributed by atoms with Crippen LogP contribution in [-0.2, 0) is 20.7 Å². The van der Waals surface area contributed by atoms with E-state index in [0.717, 1.165) is 12.8 Å². The smallest absolute Gasteiger partial charge is 0.408 e. The Hall–Kier alpha value is -3.40. The number of hydrogen-bond donors (Lipinski definition) is 3. The molecule has 2 amide bonds. The second-order valence-corrected chi connectivity index (χ2v) is 10.8. The van der Waals surface area contributed by atoms with Gasteiger partial charge in [-0.15, -0.1) is 0 Å². The van der Waals surface area contributed by atoms with Crippen molar-refractivity contribution in [2.24, 2.45) is 0 Å². The van der Waals surface area contributed by atoms with Crippen molar-refractivity contribution in [1.82, 2.24) is 20.2 Å². The first kappa shape index (κ1) is 29.2. The highest BCUT2D eigenvalue weighted by molar-refractivity contribution is 6.30. The number of aliphatic carboxylic acids is 1. The van der Waals surface area contributed by atoms with E-state index in [1.54, 1.807) is 49.9 Å². The quantitative estimate of drug-likeness (QED) is 0.421. The Morgan fingerprint density at radius 2 is 1.95 bits per heavy atom. The van der Waals surface area contributed by atoms with Crippen molar-refractivity contribution in [3.63, 3.8) is 0 Å². The molecule has 38 heavy (non-hydrogen) atoms. The van der Waals surface area contributed by atoms with E-state index >= 15 is 0 Å². The average Bonchev–Trinajstić information content (AvgIpc) is 2.83. The first-order valence-corrected chi connectivity index (χ1v) is 13.2. The summed E-state index contributed by atoms with van der Waals surface area (Å²) >= 11 is 6.00. The largest absolute Gasteiger partial charge is 0.480 e. The van der Waals surface area contributed by atoms with Gasteiger partial charge in [0.05, 0.1) is 11.7 Å². The Morgan fingerprint density at radius 1 is 1.26 bits per heavy atom. The van der Waals surface area contributed by atoms with Gasteiger partial charge in [-0.1, -0.05) is 31.4 Å². The van der Waals surface area contributed by atoms with E-state index in [1.807, 2.05) is 6.92 Å². The number of nitrogens with one attached hydrogen (secondary N) is 2. The van der Waals surface area contributed by atoms with E-state index in [2.05, 4.69) is 10.3 Å². The van der Waals surface area contributed by atoms with Crippen LogP contribution >= 0.6 is 11.6 Å². The number of carbonyl (C=O) groups excluding carboxylic acids is 2. The summed E-state index contributed by atoms with van der Waals surface area (Å²) in [5, 5.41) is 12.5. The molecule has 1 aliphatic heterocycles. The van der Waals surface area contributed by atoms with Gasteiger partial charge in [-0.3, -0.25) is 9.59 Å². The summed E-state index contributed by atoms with van der Waals surface area (Å²) in [5.74, 6) is -1.12. The number of alkyl carbamates (subject to hydrolysis) is 1. The number of carbonyl (C=O) groups is 3. The van der Waals surface area contributed by atoms with Crippen molar-refractivity contribution < 1.29 is 24.2 Å². The minimum absolute atomic E-state index is 0.0993. The molecular formula is C27H35ClN4O6. The molecule has 10 nitrogen and oxygen atoms in total. The van der Waals surface area contributed by atoms with Gasteiger partial charge in [0.15, 0.2) is 0 Å². The number of halogens is 1. The summed E-state index contributed by atoms with van der Waals surface area (Å²) in [6, 6.07) is 5.27. The average molecular weight is 547 g/mol. The fourth-order valence-electron chi connectivity index (χ4n) is 4.42. The lowest BCUT2D eigenvalue weighted by atomic mass is 9.93. The highest BCUT2D eigenvalue weighted by Crippen LogP contribution is 2.33. The number of aromatic nitrogens is 2. The predicted octanol–water partition coefficient (Wildman–Crippen LogP) is 4.46. The number of amides is 2. The minimum atomic E-state index is -1.28. The number of rotatable bonds is 9. The summed E-state index contributed by atoms with van der Waals surface area (Å²) in [4.78, 5) is 59.5. The molecule has 1 aromatic heterocycles. The zero-order valence-corrected chi connectivity index (χ0v) is 22.9. The maximum atomic E-state index is 13.4. The summed E-state index contributed by atoms with van der Waals surface area (Å²) < 4.78 is 5.15. The van der Waals surface area contributed by atoms with Gasteiger partial charge in [0.2, 0.25) is 5.91 Å². The third-order valence-electron chi connectivity index (χ3n) is 6.25. The van der Waals surface area contributed by atoms with E-state index in [9.17, 15) is 24.3 Å². The molecule has 11 heteroatoms. The van der Waals surface area contributed by atoms with E-state index in [4.69, 9.17) is 21.3 Å². The SMILES string of the molecule is CCCCC1c2nc(-c3ccc(Cl)cc3)[nH]c(=O)c2CCN1C(=O)CC[C@@H](NC(=O)OC(C)(C)C)C(=O)O. The molecular weight excluding hydrogens is 512 g/mol. The molecule has 206 valence electrons. The second kappa shape index (κ2) is 12.4. The van der Waals surface area contributed by atoms with E-state index < -0.39 is 29.7 Å². The summed E-state index contributed by atoms with van der Waals surface area (Å²) in [5.41, 5.74) is 0.800. The maximum Gasteiger partial charge on any atom is 0.408 e. The number of hydrogen-bond acceptors (Lipinski definition) is 6. The summed E-state index contributed by atoms with van der Waals surface area (Å²) in [6.07, 6.45) is 1.60. The molecule has 0 bridgehead atoms. The number of ether oxygens (including phenoxy) is 1. The molecule has 2 atom stereocenters. The highest BCUT2D eigenvalue weighted by Gasteiger charge is 2.34. The van der Waals surface area contributed by atoms with Crippen LogP contribution in [0.4, 0.5) is 4.79 Å². The van der Waals surface area contributed by atoms with Gasteiger partial charge >= 0.3 is 12.1 Å². The molecule has 3 rings (SSSR count). The van der Waals surface area contributed by atoms with Crippen molar-refractivity contribution in [2.45, 2.75) is 83.9 Å². The second-order valence-electron chi connectivity index (χ2n) is 10.4. The van der Waals surface area contributed by atoms with Gasteiger partial charge < -0.3 is 25.0 Å². The van der Waals surface area contributed by atoms with E-state index in [1.165, 1.54) is 0 Å². The normalized spacial score (nSPS) is 15.9. The van der Waals surface area contributed by atoms with Gasteiger partial charge in [0.1, 0.15) is 17.5 Å². The molecule has 0 fully saturated rings. The van der Waals surface area contributed by atoms with E-state index in [-0.39, 0.29) is 24.3 Å². The fraction of sp³-hybridized carbons (Fsp3) is 0.519. The zero-order chi connectivity index (χ0) is 28.0. The number of aromatic amines is 1. The van der Waals surface area contributed by atoms with Crippen LogP contribution in [0.5, 0.6) is 0 Å². The molecule has 0 saturated carbocycles. The van der Waals surface area contributed by atoms with Gasteiger partial charge in [-0.05, 0) is 64.3 Å². The van der Waals surface area contributed by atoms with Gasteiger partial charge in [0.25, 0.3) is 5.56 Å². The molecule has 1 unspecified atom stereocenters. The Labute approximate surface area is 226 Å². The van der Waals surface area contributed by atoms with Crippen LogP contribution in [0.3, 0.4) is 0 Å². The van der Waals surface area contributed by atoms with Crippen LogP contribution in [0.1, 0.15) is 77.1 Å². The standard InChI is InChI=1S/C27H35ClN4O6/c1-5-6-7-20-22-18(24(34)31-23(30-22)16-8-10-17(28)11-9-16)14-15-32(20)21(33)13-12-19(25(35)36)29-26(37)38-27(2,3)4/h8-11,19-20H,5-7,12-15H2,1-4H3,(H,29,37)(H,35,36)(H,30,31,34)/t19-,20?/m1/s1. The fourth-order valence-corrected chi connectivity index (χ4v) is 4.55. The minimum Gasteiger partial charge on any atom is -0.480 e. The molecule has 0 radical (unpaired) electrons. The molecule has 0 saturated heterocycles. The van der Waals surface area contributed by atoms with Crippen molar-refractivity contribution >= 4 is 29.6 Å². The van der Waals surface area contributed by atoms with Crippen molar-refractivity contribution in [3.05, 3.63) is 50.9 Å². The Bertz CT molecular complexity index is 1220. The Kier molecular flexibility index (Phi) is 9.54. The molecule has 1 aromatic carbocycles. The number of carboxylic acid groups (broad SMARTS) is 1. The predicted molar refractivity (Wildman–Crippen MR) is 143 cm³/mol. The number of carboxylic acids is 1. The topological polar surface area (TPSA) is 142 Å². The van der Waals surface area contributed by atoms with Crippen molar-refractivity contribution in [1.29, 1.82) is 0 Å². The Morgan fingerprint density at radius 3 is 2.55 bits per heavy atom. The van der Waals surface area contributed by atoms with Crippen molar-refractivity contribution in [2.75, 3.05) is 6.54 Å². The lowest BCUT2D eigenvalue weighted by molar-refractivity contribution is -0.140. The summed E-state index contributed by atoms with van der Waals surface area (Å²) in [7, 11) is 0. The van der Waals surface area contributed by atoms with Gasteiger partial charge in [-0.25, -0.2) is 14.6 Å². The maximum absolute atomic E-state index is 13.4. The lowest BCUT2D eigenvalue weighted by Crippen LogP contribution is -2.46. The third kappa shape index (κ3) is 7.56. The number of nitrogens with zero attached hydrogens (tertiary/aromatic N) is 2. The molecule has 2 aromatic rings. The van der Waals surface area contributed by atoms with Crippen LogP contribution in [0.25, 0.3) is 11.4 Å². The first-order chi connectivity index (χ1) is 17.9. The number of benzene rings is 1. The highest BCUT2D eigenvalue weighted by atomic mass is 35.5. The van der Waals surface area contributed by atoms with Crippen LogP contribution in [0.2, 0.25) is 5.02 Å². The van der Waals surface area contributed by atoms with Gasteiger partial charge in [0, 0.05) is 29.1 Å². The molecule has 2 heterocycles.